The summed E-state index contributed by atoms with van der Waals surface area (Å²) in [6, 6.07) is 6.16. The number of nitrogens with two attached hydrogens (primary N) is 1. The lowest BCUT2D eigenvalue weighted by Gasteiger charge is -2.11. The minimum absolute atomic E-state index is 0.0480. The number of anilines is 1. The van der Waals surface area contributed by atoms with Crippen molar-refractivity contribution < 1.29 is 14.3 Å². The molecule has 0 aliphatic heterocycles. The van der Waals surface area contributed by atoms with Gasteiger partial charge in [-0.05, 0) is 25.1 Å². The van der Waals surface area contributed by atoms with Gasteiger partial charge in [0.1, 0.15) is 11.3 Å². The zero-order valence-electron chi connectivity index (χ0n) is 11.1. The van der Waals surface area contributed by atoms with Crippen molar-refractivity contribution >= 4 is 34.9 Å². The molecule has 0 amide bonds. The van der Waals surface area contributed by atoms with Gasteiger partial charge in [-0.15, -0.1) is 0 Å². The second-order valence-electron chi connectivity index (χ2n) is 4.02. The summed E-state index contributed by atoms with van der Waals surface area (Å²) in [4.78, 5) is 15.9. The van der Waals surface area contributed by atoms with E-state index in [1.54, 1.807) is 19.1 Å². The Morgan fingerprint density at radius 3 is 2.81 bits per heavy atom. The van der Waals surface area contributed by atoms with Crippen molar-refractivity contribution in [1.29, 1.82) is 0 Å². The molecule has 0 fully saturated rings. The summed E-state index contributed by atoms with van der Waals surface area (Å²) < 4.78 is 10.5. The third-order valence-electron chi connectivity index (χ3n) is 2.47. The van der Waals surface area contributed by atoms with Crippen molar-refractivity contribution in [2.75, 3.05) is 12.3 Å². The molecule has 0 radical (unpaired) electrons. The molecule has 0 saturated carbocycles. The first kappa shape index (κ1) is 15.4. The van der Waals surface area contributed by atoms with Gasteiger partial charge in [-0.1, -0.05) is 23.2 Å². The Bertz CT molecular complexity index is 677. The molecule has 1 aromatic heterocycles. The van der Waals surface area contributed by atoms with E-state index in [4.69, 9.17) is 38.4 Å². The van der Waals surface area contributed by atoms with Crippen molar-refractivity contribution in [3.8, 4) is 11.6 Å². The molecule has 2 aromatic rings. The van der Waals surface area contributed by atoms with Gasteiger partial charge >= 0.3 is 5.97 Å². The lowest BCUT2D eigenvalue weighted by molar-refractivity contribution is 0.0523. The first-order chi connectivity index (χ1) is 10.0. The number of pyridine rings is 1. The van der Waals surface area contributed by atoms with E-state index in [9.17, 15) is 4.79 Å². The smallest absolute Gasteiger partial charge is 0.343 e. The van der Waals surface area contributed by atoms with Crippen molar-refractivity contribution in [2.24, 2.45) is 0 Å². The zero-order valence-corrected chi connectivity index (χ0v) is 12.6. The second-order valence-corrected chi connectivity index (χ2v) is 4.86. The van der Waals surface area contributed by atoms with E-state index < -0.39 is 5.97 Å². The molecule has 21 heavy (non-hydrogen) atoms. The highest BCUT2D eigenvalue weighted by atomic mass is 35.5. The number of benzene rings is 1. The highest BCUT2D eigenvalue weighted by Crippen LogP contribution is 2.33. The van der Waals surface area contributed by atoms with E-state index in [-0.39, 0.29) is 23.8 Å². The zero-order chi connectivity index (χ0) is 15.4. The van der Waals surface area contributed by atoms with Gasteiger partial charge in [-0.25, -0.2) is 9.78 Å². The van der Waals surface area contributed by atoms with Crippen LogP contribution in [0.15, 0.2) is 30.5 Å². The van der Waals surface area contributed by atoms with Crippen LogP contribution < -0.4 is 10.5 Å². The van der Waals surface area contributed by atoms with Crippen LogP contribution in [0.2, 0.25) is 10.0 Å². The average Bonchev–Trinajstić information content (AvgIpc) is 2.45. The maximum atomic E-state index is 11.9. The van der Waals surface area contributed by atoms with Gasteiger partial charge in [0.15, 0.2) is 0 Å². The second kappa shape index (κ2) is 6.65. The average molecular weight is 327 g/mol. The van der Waals surface area contributed by atoms with E-state index in [0.717, 1.165) is 0 Å². The highest BCUT2D eigenvalue weighted by Gasteiger charge is 2.17. The number of nitrogens with zero attached hydrogens (tertiary/aromatic N) is 1. The van der Waals surface area contributed by atoms with E-state index >= 15 is 0 Å². The van der Waals surface area contributed by atoms with Crippen LogP contribution in [0.1, 0.15) is 17.3 Å². The molecule has 1 aromatic carbocycles. The van der Waals surface area contributed by atoms with E-state index in [0.29, 0.717) is 15.7 Å². The van der Waals surface area contributed by atoms with Gasteiger partial charge < -0.3 is 15.2 Å². The fraction of sp³-hybridized carbons (Fsp3) is 0.143. The standard InChI is InChI=1S/C14H12Cl2N2O3/c1-2-20-14(19)10-6-9(17)7-18-13(10)21-12-5-8(15)3-4-11(12)16/h3-7H,2,17H2,1H3. The molecule has 0 atom stereocenters. The quantitative estimate of drug-likeness (QED) is 0.861. The van der Waals surface area contributed by atoms with Crippen LogP contribution in [0, 0.1) is 0 Å². The van der Waals surface area contributed by atoms with Crippen molar-refractivity contribution in [3.05, 3.63) is 46.1 Å². The van der Waals surface area contributed by atoms with Gasteiger partial charge in [0.05, 0.1) is 23.5 Å². The summed E-state index contributed by atoms with van der Waals surface area (Å²) >= 11 is 11.9. The van der Waals surface area contributed by atoms with Crippen LogP contribution in [0.3, 0.4) is 0 Å². The maximum absolute atomic E-state index is 11.9. The van der Waals surface area contributed by atoms with E-state index in [2.05, 4.69) is 4.98 Å². The number of aromatic nitrogens is 1. The number of carbonyl (C=O) groups is 1. The molecule has 0 unspecified atom stereocenters. The summed E-state index contributed by atoms with van der Waals surface area (Å²) in [5.41, 5.74) is 6.08. The molecule has 2 rings (SSSR count). The number of halogens is 2. The predicted octanol–water partition coefficient (Wildman–Crippen LogP) is 3.94. The number of rotatable bonds is 4. The molecule has 7 heteroatoms. The van der Waals surface area contributed by atoms with Gasteiger partial charge in [0.2, 0.25) is 5.88 Å². The minimum atomic E-state index is -0.578. The summed E-state index contributed by atoms with van der Waals surface area (Å²) in [6.45, 7) is 1.93. The molecule has 0 saturated heterocycles. The Hall–Kier alpha value is -1.98. The Morgan fingerprint density at radius 1 is 1.33 bits per heavy atom. The molecule has 0 aliphatic carbocycles. The number of hydrogen-bond donors (Lipinski definition) is 1. The Kier molecular flexibility index (Phi) is 4.88. The number of hydrogen-bond acceptors (Lipinski definition) is 5. The molecule has 5 nitrogen and oxygen atoms in total. The number of ether oxygens (including phenoxy) is 2. The predicted molar refractivity (Wildman–Crippen MR) is 81.1 cm³/mol. The number of carbonyl (C=O) groups excluding carboxylic acids is 1. The van der Waals surface area contributed by atoms with Crippen LogP contribution in [-0.2, 0) is 4.74 Å². The normalized spacial score (nSPS) is 10.2. The molecule has 2 N–H and O–H groups in total. The number of esters is 1. The molecule has 0 aliphatic rings. The van der Waals surface area contributed by atoms with Gasteiger partial charge in [-0.3, -0.25) is 0 Å². The molecular formula is C14H12Cl2N2O3. The highest BCUT2D eigenvalue weighted by molar-refractivity contribution is 6.34. The van der Waals surface area contributed by atoms with Crippen LogP contribution in [0.4, 0.5) is 5.69 Å². The number of nitrogen functional groups attached to an aromatic ring is 1. The Labute approximate surface area is 131 Å². The molecule has 0 bridgehead atoms. The van der Waals surface area contributed by atoms with Crippen molar-refractivity contribution in [1.82, 2.24) is 4.98 Å². The first-order valence-electron chi connectivity index (χ1n) is 6.06. The summed E-state index contributed by atoms with van der Waals surface area (Å²) in [6.07, 6.45) is 1.37. The Balaban J connectivity index is 2.39. The van der Waals surface area contributed by atoms with Crippen LogP contribution in [0.25, 0.3) is 0 Å². The van der Waals surface area contributed by atoms with E-state index in [1.807, 2.05) is 0 Å². The lowest BCUT2D eigenvalue weighted by Crippen LogP contribution is -2.08. The van der Waals surface area contributed by atoms with Gasteiger partial charge in [-0.2, -0.15) is 0 Å². The SMILES string of the molecule is CCOC(=O)c1cc(N)cnc1Oc1cc(Cl)ccc1Cl. The molecule has 0 spiro atoms. The van der Waals surface area contributed by atoms with Crippen LogP contribution in [-0.4, -0.2) is 17.6 Å². The van der Waals surface area contributed by atoms with Crippen LogP contribution in [0.5, 0.6) is 11.6 Å². The fourth-order valence-electron chi connectivity index (χ4n) is 1.56. The third-order valence-corrected chi connectivity index (χ3v) is 3.01. The Morgan fingerprint density at radius 2 is 2.10 bits per heavy atom. The fourth-order valence-corrected chi connectivity index (χ4v) is 1.88. The first-order valence-corrected chi connectivity index (χ1v) is 6.82. The van der Waals surface area contributed by atoms with Gasteiger partial charge in [0.25, 0.3) is 0 Å². The van der Waals surface area contributed by atoms with Gasteiger partial charge in [0, 0.05) is 11.1 Å². The lowest BCUT2D eigenvalue weighted by atomic mass is 10.2. The molecule has 110 valence electrons. The largest absolute Gasteiger partial charge is 0.462 e. The monoisotopic (exact) mass is 326 g/mol. The minimum Gasteiger partial charge on any atom is -0.462 e. The van der Waals surface area contributed by atoms with Crippen LogP contribution >= 0.6 is 23.2 Å². The van der Waals surface area contributed by atoms with E-state index in [1.165, 1.54) is 18.3 Å². The summed E-state index contributed by atoms with van der Waals surface area (Å²) in [5, 5.41) is 0.787. The summed E-state index contributed by atoms with van der Waals surface area (Å²) in [5.74, 6) is -0.246. The van der Waals surface area contributed by atoms with Crippen molar-refractivity contribution in [2.45, 2.75) is 6.92 Å². The maximum Gasteiger partial charge on any atom is 0.343 e. The molecular weight excluding hydrogens is 315 g/mol. The topological polar surface area (TPSA) is 74.4 Å². The third kappa shape index (κ3) is 3.77. The summed E-state index contributed by atoms with van der Waals surface area (Å²) in [7, 11) is 0. The van der Waals surface area contributed by atoms with Crippen molar-refractivity contribution in [3.63, 3.8) is 0 Å². The molecule has 1 heterocycles.